The van der Waals surface area contributed by atoms with Gasteiger partial charge in [0, 0.05) is 12.0 Å². The Morgan fingerprint density at radius 3 is 3.00 bits per heavy atom. The van der Waals surface area contributed by atoms with Crippen molar-refractivity contribution in [2.24, 2.45) is 0 Å². The molecule has 0 bridgehead atoms. The third kappa shape index (κ3) is 2.44. The topological polar surface area (TPSA) is 26.3 Å². The molecule has 0 atom stereocenters. The molecule has 0 amide bonds. The zero-order chi connectivity index (χ0) is 9.68. The first-order valence-electron chi connectivity index (χ1n) is 4.18. The SMILES string of the molecule is C=COc1cccc(C(=O)CC)c1. The summed E-state index contributed by atoms with van der Waals surface area (Å²) >= 11 is 0. The molecule has 0 saturated carbocycles. The molecule has 68 valence electrons. The molecule has 0 heterocycles. The van der Waals surface area contributed by atoms with E-state index in [9.17, 15) is 4.79 Å². The van der Waals surface area contributed by atoms with E-state index in [1.165, 1.54) is 6.26 Å². The van der Waals surface area contributed by atoms with E-state index in [1.807, 2.05) is 6.92 Å². The molecule has 1 aromatic rings. The Bertz CT molecular complexity index is 316. The van der Waals surface area contributed by atoms with Crippen LogP contribution in [0, 0.1) is 0 Å². The molecule has 2 heteroatoms. The van der Waals surface area contributed by atoms with Crippen molar-refractivity contribution in [1.29, 1.82) is 0 Å². The van der Waals surface area contributed by atoms with E-state index in [1.54, 1.807) is 24.3 Å². The minimum atomic E-state index is 0.120. The van der Waals surface area contributed by atoms with Crippen molar-refractivity contribution in [2.45, 2.75) is 13.3 Å². The van der Waals surface area contributed by atoms with Crippen LogP contribution in [0.15, 0.2) is 37.1 Å². The molecule has 0 unspecified atom stereocenters. The molecule has 0 spiro atoms. The number of benzene rings is 1. The molecule has 0 radical (unpaired) electrons. The Kier molecular flexibility index (Phi) is 3.26. The molecule has 1 rings (SSSR count). The van der Waals surface area contributed by atoms with E-state index in [-0.39, 0.29) is 5.78 Å². The van der Waals surface area contributed by atoms with Crippen molar-refractivity contribution in [2.75, 3.05) is 0 Å². The fraction of sp³-hybridized carbons (Fsp3) is 0.182. The zero-order valence-corrected chi connectivity index (χ0v) is 7.62. The summed E-state index contributed by atoms with van der Waals surface area (Å²) in [6, 6.07) is 7.07. The van der Waals surface area contributed by atoms with Gasteiger partial charge in [-0.25, -0.2) is 0 Å². The van der Waals surface area contributed by atoms with Gasteiger partial charge in [-0.05, 0) is 12.1 Å². The first-order valence-corrected chi connectivity index (χ1v) is 4.18. The molecule has 2 nitrogen and oxygen atoms in total. The molecule has 13 heavy (non-hydrogen) atoms. The maximum Gasteiger partial charge on any atom is 0.162 e. The number of rotatable bonds is 4. The van der Waals surface area contributed by atoms with Crippen molar-refractivity contribution in [3.05, 3.63) is 42.7 Å². The van der Waals surface area contributed by atoms with Crippen LogP contribution in [0.2, 0.25) is 0 Å². The lowest BCUT2D eigenvalue weighted by Crippen LogP contribution is -1.96. The summed E-state index contributed by atoms with van der Waals surface area (Å²) in [6.07, 6.45) is 1.85. The maximum atomic E-state index is 11.3. The molecule has 0 N–H and O–H groups in total. The molecule has 0 aliphatic carbocycles. The average Bonchev–Trinajstić information content (AvgIpc) is 2.18. The van der Waals surface area contributed by atoms with E-state index in [0.29, 0.717) is 17.7 Å². The molecule has 1 aromatic carbocycles. The van der Waals surface area contributed by atoms with Crippen LogP contribution in [0.25, 0.3) is 0 Å². The van der Waals surface area contributed by atoms with Gasteiger partial charge in [0.15, 0.2) is 5.78 Å². The molecule has 0 fully saturated rings. The first-order chi connectivity index (χ1) is 6.27. The normalized spacial score (nSPS) is 9.31. The Labute approximate surface area is 77.8 Å². The molecule has 0 aromatic heterocycles. The second kappa shape index (κ2) is 4.45. The van der Waals surface area contributed by atoms with Gasteiger partial charge in [-0.1, -0.05) is 25.6 Å². The van der Waals surface area contributed by atoms with Gasteiger partial charge in [0.25, 0.3) is 0 Å². The van der Waals surface area contributed by atoms with Crippen LogP contribution >= 0.6 is 0 Å². The van der Waals surface area contributed by atoms with E-state index in [2.05, 4.69) is 6.58 Å². The summed E-state index contributed by atoms with van der Waals surface area (Å²) in [5, 5.41) is 0. The van der Waals surface area contributed by atoms with Crippen LogP contribution in [0.1, 0.15) is 23.7 Å². The van der Waals surface area contributed by atoms with Gasteiger partial charge in [-0.3, -0.25) is 4.79 Å². The lowest BCUT2D eigenvalue weighted by molar-refractivity contribution is 0.0988. The van der Waals surface area contributed by atoms with Gasteiger partial charge in [0.05, 0.1) is 6.26 Å². The van der Waals surface area contributed by atoms with Crippen LogP contribution in [0.3, 0.4) is 0 Å². The molecule has 0 aliphatic heterocycles. The highest BCUT2D eigenvalue weighted by Crippen LogP contribution is 2.14. The van der Waals surface area contributed by atoms with Crippen molar-refractivity contribution in [3.63, 3.8) is 0 Å². The number of hydrogen-bond donors (Lipinski definition) is 0. The summed E-state index contributed by atoms with van der Waals surface area (Å²) in [6.45, 7) is 5.28. The fourth-order valence-corrected chi connectivity index (χ4v) is 1.04. The number of ketones is 1. The fourth-order valence-electron chi connectivity index (χ4n) is 1.04. The van der Waals surface area contributed by atoms with E-state index in [0.717, 1.165) is 0 Å². The summed E-state index contributed by atoms with van der Waals surface area (Å²) in [5.41, 5.74) is 0.682. The average molecular weight is 176 g/mol. The van der Waals surface area contributed by atoms with Crippen LogP contribution in [-0.2, 0) is 0 Å². The van der Waals surface area contributed by atoms with Gasteiger partial charge < -0.3 is 4.74 Å². The molecular formula is C11H12O2. The van der Waals surface area contributed by atoms with Crippen LogP contribution < -0.4 is 4.74 Å². The van der Waals surface area contributed by atoms with Gasteiger partial charge in [0.2, 0.25) is 0 Å². The van der Waals surface area contributed by atoms with E-state index < -0.39 is 0 Å². The van der Waals surface area contributed by atoms with Gasteiger partial charge >= 0.3 is 0 Å². The molecule has 0 saturated heterocycles. The van der Waals surface area contributed by atoms with Gasteiger partial charge in [0.1, 0.15) is 5.75 Å². The van der Waals surface area contributed by atoms with Crippen LogP contribution in [0.4, 0.5) is 0 Å². The Morgan fingerprint density at radius 2 is 2.38 bits per heavy atom. The minimum absolute atomic E-state index is 0.120. The number of hydrogen-bond acceptors (Lipinski definition) is 2. The largest absolute Gasteiger partial charge is 0.466 e. The smallest absolute Gasteiger partial charge is 0.162 e. The lowest BCUT2D eigenvalue weighted by atomic mass is 10.1. The third-order valence-corrected chi connectivity index (χ3v) is 1.70. The highest BCUT2D eigenvalue weighted by molar-refractivity contribution is 5.96. The van der Waals surface area contributed by atoms with Crippen molar-refractivity contribution >= 4 is 5.78 Å². The van der Waals surface area contributed by atoms with Gasteiger partial charge in [-0.2, -0.15) is 0 Å². The summed E-state index contributed by atoms with van der Waals surface area (Å²) in [5.74, 6) is 0.767. The van der Waals surface area contributed by atoms with E-state index in [4.69, 9.17) is 4.74 Å². The van der Waals surface area contributed by atoms with Crippen molar-refractivity contribution in [1.82, 2.24) is 0 Å². The van der Waals surface area contributed by atoms with Crippen LogP contribution in [-0.4, -0.2) is 5.78 Å². The molecule has 0 aliphatic rings. The third-order valence-electron chi connectivity index (χ3n) is 1.70. The predicted molar refractivity (Wildman–Crippen MR) is 51.9 cm³/mol. The summed E-state index contributed by atoms with van der Waals surface area (Å²) in [7, 11) is 0. The highest BCUT2D eigenvalue weighted by atomic mass is 16.5. The molecular weight excluding hydrogens is 164 g/mol. The number of Topliss-reactive ketones (excluding diaryl/α,β-unsaturated/α-hetero) is 1. The summed E-state index contributed by atoms with van der Waals surface area (Å²) in [4.78, 5) is 11.3. The Balaban J connectivity index is 2.90. The second-order valence-corrected chi connectivity index (χ2v) is 2.59. The lowest BCUT2D eigenvalue weighted by Gasteiger charge is -2.01. The Hall–Kier alpha value is -1.57. The predicted octanol–water partition coefficient (Wildman–Crippen LogP) is 2.80. The quantitative estimate of drug-likeness (QED) is 0.521. The van der Waals surface area contributed by atoms with Crippen molar-refractivity contribution < 1.29 is 9.53 Å². The van der Waals surface area contributed by atoms with E-state index >= 15 is 0 Å². The monoisotopic (exact) mass is 176 g/mol. The zero-order valence-electron chi connectivity index (χ0n) is 7.62. The minimum Gasteiger partial charge on any atom is -0.466 e. The summed E-state index contributed by atoms with van der Waals surface area (Å²) < 4.78 is 5.05. The van der Waals surface area contributed by atoms with Crippen LogP contribution in [0.5, 0.6) is 5.75 Å². The number of ether oxygens (including phenoxy) is 1. The first kappa shape index (κ1) is 9.52. The number of carbonyl (C=O) groups excluding carboxylic acids is 1. The number of carbonyl (C=O) groups is 1. The Morgan fingerprint density at radius 1 is 1.62 bits per heavy atom. The maximum absolute atomic E-state index is 11.3. The second-order valence-electron chi connectivity index (χ2n) is 2.59. The van der Waals surface area contributed by atoms with Gasteiger partial charge in [-0.15, -0.1) is 0 Å². The highest BCUT2D eigenvalue weighted by Gasteiger charge is 2.02. The standard InChI is InChI=1S/C11H12O2/c1-3-11(12)9-6-5-7-10(8-9)13-4-2/h4-8H,2-3H2,1H3. The van der Waals surface area contributed by atoms with Crippen molar-refractivity contribution in [3.8, 4) is 5.75 Å².